The van der Waals surface area contributed by atoms with Crippen molar-refractivity contribution in [3.63, 3.8) is 0 Å². The average Bonchev–Trinajstić information content (AvgIpc) is 2.60. The van der Waals surface area contributed by atoms with E-state index in [1.165, 1.54) is 12.1 Å². The lowest BCUT2D eigenvalue weighted by Crippen LogP contribution is -1.97. The monoisotopic (exact) mass is 219 g/mol. The summed E-state index contributed by atoms with van der Waals surface area (Å²) in [6, 6.07) is 6.27. The molecule has 1 heterocycles. The van der Waals surface area contributed by atoms with Crippen molar-refractivity contribution in [1.29, 1.82) is 0 Å². The fourth-order valence-electron chi connectivity index (χ4n) is 1.60. The Morgan fingerprint density at radius 1 is 1.38 bits per heavy atom. The number of hydrogen-bond acceptors (Lipinski definition) is 2. The van der Waals surface area contributed by atoms with Gasteiger partial charge in [0.1, 0.15) is 5.82 Å². The first kappa shape index (κ1) is 10.7. The molecule has 0 radical (unpaired) electrons. The average molecular weight is 219 g/mol. The second-order valence-electron chi connectivity index (χ2n) is 4.05. The van der Waals surface area contributed by atoms with Crippen LogP contribution in [0.5, 0.6) is 0 Å². The van der Waals surface area contributed by atoms with E-state index in [9.17, 15) is 4.39 Å². The zero-order chi connectivity index (χ0) is 11.7. The summed E-state index contributed by atoms with van der Waals surface area (Å²) in [6.45, 7) is 4.04. The molecule has 3 nitrogen and oxygen atoms in total. The largest absolute Gasteiger partial charge is 0.396 e. The van der Waals surface area contributed by atoms with Crippen LogP contribution < -0.4 is 5.73 Å². The minimum atomic E-state index is -0.280. The normalized spacial score (nSPS) is 11.0. The smallest absolute Gasteiger partial charge is 0.125 e. The van der Waals surface area contributed by atoms with Gasteiger partial charge in [-0.25, -0.2) is 9.07 Å². The van der Waals surface area contributed by atoms with Crippen molar-refractivity contribution in [2.45, 2.75) is 19.8 Å². The summed E-state index contributed by atoms with van der Waals surface area (Å²) in [7, 11) is 0. The van der Waals surface area contributed by atoms with Crippen molar-refractivity contribution in [2.75, 3.05) is 5.73 Å². The van der Waals surface area contributed by atoms with Crippen LogP contribution >= 0.6 is 0 Å². The number of rotatable bonds is 2. The van der Waals surface area contributed by atoms with Crippen LogP contribution in [0.25, 0.3) is 5.69 Å². The summed E-state index contributed by atoms with van der Waals surface area (Å²) in [5.74, 6) is -0.0209. The molecule has 2 N–H and O–H groups in total. The summed E-state index contributed by atoms with van der Waals surface area (Å²) in [4.78, 5) is 0. The molecule has 0 amide bonds. The first-order valence-electron chi connectivity index (χ1n) is 5.19. The van der Waals surface area contributed by atoms with Gasteiger partial charge >= 0.3 is 0 Å². The number of halogens is 1. The predicted molar refractivity (Wildman–Crippen MR) is 62.0 cm³/mol. The number of nitrogens with zero attached hydrogens (tertiary/aromatic N) is 2. The Bertz CT molecular complexity index is 503. The van der Waals surface area contributed by atoms with Gasteiger partial charge in [0.15, 0.2) is 0 Å². The zero-order valence-corrected chi connectivity index (χ0v) is 9.31. The van der Waals surface area contributed by atoms with Gasteiger partial charge < -0.3 is 5.73 Å². The Kier molecular flexibility index (Phi) is 2.64. The van der Waals surface area contributed by atoms with Crippen LogP contribution in [0.4, 0.5) is 10.1 Å². The Morgan fingerprint density at radius 3 is 2.69 bits per heavy atom. The molecule has 0 saturated carbocycles. The molecule has 0 spiro atoms. The predicted octanol–water partition coefficient (Wildman–Crippen LogP) is 2.72. The number of benzene rings is 1. The van der Waals surface area contributed by atoms with Crippen molar-refractivity contribution in [3.8, 4) is 5.69 Å². The van der Waals surface area contributed by atoms with E-state index in [0.29, 0.717) is 11.4 Å². The Hall–Kier alpha value is -1.84. The molecule has 0 aliphatic rings. The van der Waals surface area contributed by atoms with E-state index in [2.05, 4.69) is 5.10 Å². The number of anilines is 1. The lowest BCUT2D eigenvalue weighted by atomic mass is 10.1. The fourth-order valence-corrected chi connectivity index (χ4v) is 1.60. The highest BCUT2D eigenvalue weighted by molar-refractivity contribution is 5.45. The highest BCUT2D eigenvalue weighted by Gasteiger charge is 2.10. The van der Waals surface area contributed by atoms with Crippen LogP contribution in [0.1, 0.15) is 25.5 Å². The quantitative estimate of drug-likeness (QED) is 0.844. The molecule has 0 unspecified atom stereocenters. The van der Waals surface area contributed by atoms with Gasteiger partial charge in [-0.15, -0.1) is 0 Å². The highest BCUT2D eigenvalue weighted by Crippen LogP contribution is 2.21. The molecule has 0 bridgehead atoms. The van der Waals surface area contributed by atoms with Crippen molar-refractivity contribution < 1.29 is 4.39 Å². The van der Waals surface area contributed by atoms with Gasteiger partial charge in [-0.3, -0.25) is 0 Å². The number of nitrogens with two attached hydrogens (primary N) is 1. The van der Waals surface area contributed by atoms with Crippen molar-refractivity contribution in [1.82, 2.24) is 9.78 Å². The van der Waals surface area contributed by atoms with Gasteiger partial charge in [-0.05, 0) is 24.1 Å². The third-order valence-corrected chi connectivity index (χ3v) is 2.39. The van der Waals surface area contributed by atoms with Crippen LogP contribution in [0.3, 0.4) is 0 Å². The molecule has 0 aliphatic carbocycles. The molecule has 0 fully saturated rings. The second kappa shape index (κ2) is 3.96. The summed E-state index contributed by atoms with van der Waals surface area (Å²) < 4.78 is 14.7. The molecule has 2 aromatic rings. The first-order valence-corrected chi connectivity index (χ1v) is 5.19. The van der Waals surface area contributed by atoms with Gasteiger partial charge in [0.05, 0.1) is 23.3 Å². The summed E-state index contributed by atoms with van der Waals surface area (Å²) in [5, 5.41) is 4.35. The highest BCUT2D eigenvalue weighted by atomic mass is 19.1. The van der Waals surface area contributed by atoms with E-state index in [1.807, 2.05) is 13.8 Å². The number of hydrogen-bond donors (Lipinski definition) is 1. The molecule has 4 heteroatoms. The summed E-state index contributed by atoms with van der Waals surface area (Å²) >= 11 is 0. The molecule has 0 atom stereocenters. The van der Waals surface area contributed by atoms with Gasteiger partial charge in [-0.1, -0.05) is 19.9 Å². The lowest BCUT2D eigenvalue weighted by Gasteiger charge is -2.01. The van der Waals surface area contributed by atoms with Crippen LogP contribution in [0.15, 0.2) is 30.5 Å². The summed E-state index contributed by atoms with van der Waals surface area (Å²) in [5.41, 5.74) is 8.00. The number of aromatic nitrogens is 2. The van der Waals surface area contributed by atoms with E-state index in [4.69, 9.17) is 5.73 Å². The van der Waals surface area contributed by atoms with Gasteiger partial charge in [0.2, 0.25) is 0 Å². The lowest BCUT2D eigenvalue weighted by molar-refractivity contribution is 0.625. The van der Waals surface area contributed by atoms with Crippen LogP contribution in [0, 0.1) is 5.82 Å². The Labute approximate surface area is 93.7 Å². The molecule has 0 aliphatic heterocycles. The Balaban J connectivity index is 2.45. The van der Waals surface area contributed by atoms with Crippen molar-refractivity contribution >= 4 is 5.69 Å². The zero-order valence-electron chi connectivity index (χ0n) is 9.31. The fraction of sp³-hybridized carbons (Fsp3) is 0.250. The molecule has 1 aromatic carbocycles. The summed E-state index contributed by atoms with van der Waals surface area (Å²) in [6.07, 6.45) is 1.71. The number of nitrogen functional groups attached to an aromatic ring is 1. The molecule has 16 heavy (non-hydrogen) atoms. The van der Waals surface area contributed by atoms with E-state index in [0.717, 1.165) is 5.69 Å². The van der Waals surface area contributed by atoms with Gasteiger partial charge in [-0.2, -0.15) is 5.10 Å². The third kappa shape index (κ3) is 1.91. The van der Waals surface area contributed by atoms with Crippen molar-refractivity contribution in [2.24, 2.45) is 0 Å². The second-order valence-corrected chi connectivity index (χ2v) is 4.05. The maximum absolute atomic E-state index is 13.0. The van der Waals surface area contributed by atoms with Crippen molar-refractivity contribution in [3.05, 3.63) is 42.0 Å². The molecule has 0 saturated heterocycles. The van der Waals surface area contributed by atoms with Crippen LogP contribution in [-0.2, 0) is 0 Å². The maximum atomic E-state index is 13.0. The van der Waals surface area contributed by atoms with E-state index in [1.54, 1.807) is 23.0 Å². The molecular weight excluding hydrogens is 205 g/mol. The third-order valence-electron chi connectivity index (χ3n) is 2.39. The first-order chi connectivity index (χ1) is 7.58. The van der Waals surface area contributed by atoms with E-state index >= 15 is 0 Å². The van der Waals surface area contributed by atoms with E-state index in [-0.39, 0.29) is 11.7 Å². The maximum Gasteiger partial charge on any atom is 0.125 e. The minimum absolute atomic E-state index is 0.259. The Morgan fingerprint density at radius 2 is 2.12 bits per heavy atom. The SMILES string of the molecule is CC(C)c1nn(-c2cccc(F)c2)cc1N. The van der Waals surface area contributed by atoms with Crippen LogP contribution in [0.2, 0.25) is 0 Å². The van der Waals surface area contributed by atoms with E-state index < -0.39 is 0 Å². The van der Waals surface area contributed by atoms with Gasteiger partial charge in [0.25, 0.3) is 0 Å². The van der Waals surface area contributed by atoms with Gasteiger partial charge in [0, 0.05) is 0 Å². The standard InChI is InChI=1S/C12H14FN3/c1-8(2)12-11(14)7-16(15-12)10-5-3-4-9(13)6-10/h3-8H,14H2,1-2H3. The topological polar surface area (TPSA) is 43.8 Å². The van der Waals surface area contributed by atoms with Crippen LogP contribution in [-0.4, -0.2) is 9.78 Å². The molecule has 1 aromatic heterocycles. The molecule has 2 rings (SSSR count). The minimum Gasteiger partial charge on any atom is -0.396 e. The molecule has 84 valence electrons. The molecular formula is C12H14FN3.